The second kappa shape index (κ2) is 5.09. The minimum atomic E-state index is -0.318. The molecule has 2 rings (SSSR count). The second-order valence-corrected chi connectivity index (χ2v) is 5.29. The van der Waals surface area contributed by atoms with E-state index >= 15 is 0 Å². The average Bonchev–Trinajstić information content (AvgIpc) is 2.37. The molecule has 0 aliphatic carbocycles. The Morgan fingerprint density at radius 1 is 1.47 bits per heavy atom. The minimum absolute atomic E-state index is 0.0761. The van der Waals surface area contributed by atoms with Crippen LogP contribution in [0, 0.1) is 0 Å². The lowest BCUT2D eigenvalue weighted by Crippen LogP contribution is -2.50. The zero-order chi connectivity index (χ0) is 14.0. The van der Waals surface area contributed by atoms with Gasteiger partial charge >= 0.3 is 0 Å². The van der Waals surface area contributed by atoms with Gasteiger partial charge < -0.3 is 20.1 Å². The van der Waals surface area contributed by atoms with Crippen LogP contribution >= 0.6 is 0 Å². The standard InChI is InChI=1S/C14H20N2O3/c1-14(2)9-16(6-7-19-14)13(17)11-8-10(18-3)4-5-12(11)15/h4-5,8H,6-7,9,15H2,1-3H3. The lowest BCUT2D eigenvalue weighted by atomic mass is 10.1. The molecule has 0 aromatic heterocycles. The van der Waals surface area contributed by atoms with Gasteiger partial charge in [-0.2, -0.15) is 0 Å². The molecule has 1 aliphatic rings. The first kappa shape index (κ1) is 13.7. The third-order valence-electron chi connectivity index (χ3n) is 3.20. The van der Waals surface area contributed by atoms with E-state index in [4.69, 9.17) is 15.2 Å². The maximum absolute atomic E-state index is 12.5. The summed E-state index contributed by atoms with van der Waals surface area (Å²) in [6, 6.07) is 5.12. The number of amides is 1. The van der Waals surface area contributed by atoms with Crippen molar-refractivity contribution in [2.75, 3.05) is 32.5 Å². The predicted molar refractivity (Wildman–Crippen MR) is 73.3 cm³/mol. The van der Waals surface area contributed by atoms with Crippen LogP contribution in [-0.2, 0) is 4.74 Å². The van der Waals surface area contributed by atoms with Crippen molar-refractivity contribution in [3.05, 3.63) is 23.8 Å². The number of carbonyl (C=O) groups is 1. The van der Waals surface area contributed by atoms with E-state index in [-0.39, 0.29) is 11.5 Å². The largest absolute Gasteiger partial charge is 0.497 e. The van der Waals surface area contributed by atoms with Crippen molar-refractivity contribution in [1.82, 2.24) is 4.90 Å². The average molecular weight is 264 g/mol. The van der Waals surface area contributed by atoms with E-state index in [0.717, 1.165) is 0 Å². The summed E-state index contributed by atoms with van der Waals surface area (Å²) >= 11 is 0. The maximum atomic E-state index is 12.5. The molecular formula is C14H20N2O3. The Hall–Kier alpha value is -1.75. The highest BCUT2D eigenvalue weighted by atomic mass is 16.5. The van der Waals surface area contributed by atoms with Crippen LogP contribution < -0.4 is 10.5 Å². The number of morpholine rings is 1. The zero-order valence-electron chi connectivity index (χ0n) is 11.6. The summed E-state index contributed by atoms with van der Waals surface area (Å²) in [5.41, 5.74) is 6.52. The first-order valence-corrected chi connectivity index (χ1v) is 6.30. The van der Waals surface area contributed by atoms with Gasteiger partial charge in [0.25, 0.3) is 5.91 Å². The lowest BCUT2D eigenvalue weighted by Gasteiger charge is -2.38. The number of methoxy groups -OCH3 is 1. The van der Waals surface area contributed by atoms with Crippen molar-refractivity contribution >= 4 is 11.6 Å². The minimum Gasteiger partial charge on any atom is -0.497 e. The van der Waals surface area contributed by atoms with Crippen molar-refractivity contribution in [2.45, 2.75) is 19.4 Å². The molecule has 1 aromatic carbocycles. The van der Waals surface area contributed by atoms with Crippen LogP contribution in [0.4, 0.5) is 5.69 Å². The summed E-state index contributed by atoms with van der Waals surface area (Å²) in [4.78, 5) is 14.3. The van der Waals surface area contributed by atoms with E-state index in [2.05, 4.69) is 0 Å². The van der Waals surface area contributed by atoms with Gasteiger partial charge in [-0.3, -0.25) is 4.79 Å². The van der Waals surface area contributed by atoms with E-state index in [1.807, 2.05) is 13.8 Å². The Balaban J connectivity index is 2.24. The molecule has 1 amide bonds. The number of hydrogen-bond donors (Lipinski definition) is 1. The third-order valence-corrected chi connectivity index (χ3v) is 3.20. The Labute approximate surface area is 113 Å². The quantitative estimate of drug-likeness (QED) is 0.823. The summed E-state index contributed by atoms with van der Waals surface area (Å²) in [5, 5.41) is 0. The summed E-state index contributed by atoms with van der Waals surface area (Å²) in [7, 11) is 1.57. The smallest absolute Gasteiger partial charge is 0.256 e. The molecule has 0 unspecified atom stereocenters. The van der Waals surface area contributed by atoms with Gasteiger partial charge in [-0.15, -0.1) is 0 Å². The van der Waals surface area contributed by atoms with Crippen LogP contribution in [0.1, 0.15) is 24.2 Å². The predicted octanol–water partition coefficient (Wildman–Crippen LogP) is 1.53. The van der Waals surface area contributed by atoms with Crippen LogP contribution in [0.15, 0.2) is 18.2 Å². The van der Waals surface area contributed by atoms with Gasteiger partial charge in [0, 0.05) is 18.8 Å². The molecule has 0 atom stereocenters. The van der Waals surface area contributed by atoms with Crippen molar-refractivity contribution in [1.29, 1.82) is 0 Å². The summed E-state index contributed by atoms with van der Waals surface area (Å²) < 4.78 is 10.7. The first-order valence-electron chi connectivity index (χ1n) is 6.30. The van der Waals surface area contributed by atoms with Crippen molar-refractivity contribution < 1.29 is 14.3 Å². The van der Waals surface area contributed by atoms with Crippen LogP contribution in [0.2, 0.25) is 0 Å². The molecule has 1 saturated heterocycles. The van der Waals surface area contributed by atoms with Crippen molar-refractivity contribution in [3.63, 3.8) is 0 Å². The number of nitrogen functional groups attached to an aromatic ring is 1. The Kier molecular flexibility index (Phi) is 3.66. The fourth-order valence-electron chi connectivity index (χ4n) is 2.21. The summed E-state index contributed by atoms with van der Waals surface area (Å²) in [6.45, 7) is 5.63. The lowest BCUT2D eigenvalue weighted by molar-refractivity contribution is -0.0763. The molecule has 104 valence electrons. The second-order valence-electron chi connectivity index (χ2n) is 5.29. The highest BCUT2D eigenvalue weighted by Gasteiger charge is 2.31. The van der Waals surface area contributed by atoms with Gasteiger partial charge in [-0.1, -0.05) is 0 Å². The van der Waals surface area contributed by atoms with Gasteiger partial charge in [0.05, 0.1) is 24.9 Å². The van der Waals surface area contributed by atoms with E-state index in [9.17, 15) is 4.79 Å². The van der Waals surface area contributed by atoms with E-state index < -0.39 is 0 Å². The van der Waals surface area contributed by atoms with Crippen molar-refractivity contribution in [3.8, 4) is 5.75 Å². The highest BCUT2D eigenvalue weighted by molar-refractivity contribution is 5.99. The highest BCUT2D eigenvalue weighted by Crippen LogP contribution is 2.24. The van der Waals surface area contributed by atoms with E-state index in [1.165, 1.54) is 0 Å². The number of nitrogens with zero attached hydrogens (tertiary/aromatic N) is 1. The van der Waals surface area contributed by atoms with Crippen LogP contribution in [-0.4, -0.2) is 43.2 Å². The molecule has 19 heavy (non-hydrogen) atoms. The molecule has 1 fully saturated rings. The van der Waals surface area contributed by atoms with Crippen LogP contribution in [0.25, 0.3) is 0 Å². The van der Waals surface area contributed by atoms with Crippen LogP contribution in [0.5, 0.6) is 5.75 Å². The van der Waals surface area contributed by atoms with E-state index in [1.54, 1.807) is 30.2 Å². The normalized spacial score (nSPS) is 18.2. The van der Waals surface area contributed by atoms with Gasteiger partial charge in [0.15, 0.2) is 0 Å². The number of nitrogens with two attached hydrogens (primary N) is 1. The zero-order valence-corrected chi connectivity index (χ0v) is 11.6. The molecule has 0 spiro atoms. The molecule has 0 radical (unpaired) electrons. The molecular weight excluding hydrogens is 244 g/mol. The van der Waals surface area contributed by atoms with Gasteiger partial charge in [0.2, 0.25) is 0 Å². The van der Waals surface area contributed by atoms with Gasteiger partial charge in [-0.25, -0.2) is 0 Å². The number of hydrogen-bond acceptors (Lipinski definition) is 4. The topological polar surface area (TPSA) is 64.8 Å². The fourth-order valence-corrected chi connectivity index (χ4v) is 2.21. The Morgan fingerprint density at radius 3 is 2.84 bits per heavy atom. The van der Waals surface area contributed by atoms with Crippen molar-refractivity contribution in [2.24, 2.45) is 0 Å². The maximum Gasteiger partial charge on any atom is 0.256 e. The van der Waals surface area contributed by atoms with Crippen LogP contribution in [0.3, 0.4) is 0 Å². The Bertz CT molecular complexity index is 486. The van der Waals surface area contributed by atoms with Gasteiger partial charge in [0.1, 0.15) is 5.75 Å². The molecule has 0 saturated carbocycles. The number of anilines is 1. The van der Waals surface area contributed by atoms with Gasteiger partial charge in [-0.05, 0) is 32.0 Å². The first-order chi connectivity index (χ1) is 8.93. The molecule has 2 N–H and O–H groups in total. The summed E-state index contributed by atoms with van der Waals surface area (Å²) in [6.07, 6.45) is 0. The molecule has 0 bridgehead atoms. The fraction of sp³-hybridized carbons (Fsp3) is 0.500. The monoisotopic (exact) mass is 264 g/mol. The summed E-state index contributed by atoms with van der Waals surface area (Å²) in [5.74, 6) is 0.554. The SMILES string of the molecule is COc1ccc(N)c(C(=O)N2CCOC(C)(C)C2)c1. The van der Waals surface area contributed by atoms with E-state index in [0.29, 0.717) is 36.7 Å². The number of carbonyl (C=O) groups excluding carboxylic acids is 1. The molecule has 1 aliphatic heterocycles. The molecule has 5 nitrogen and oxygen atoms in total. The number of rotatable bonds is 2. The third kappa shape index (κ3) is 2.98. The molecule has 1 heterocycles. The molecule has 5 heteroatoms. The number of benzene rings is 1. The Morgan fingerprint density at radius 2 is 2.21 bits per heavy atom. The number of ether oxygens (including phenoxy) is 2. The molecule has 1 aromatic rings.